The predicted molar refractivity (Wildman–Crippen MR) is 110 cm³/mol. The van der Waals surface area contributed by atoms with Gasteiger partial charge >= 0.3 is 0 Å². The maximum Gasteiger partial charge on any atom is 0.123 e. The maximum absolute atomic E-state index is 13.0. The molecule has 2 unspecified atom stereocenters. The van der Waals surface area contributed by atoms with Gasteiger partial charge in [-0.25, -0.2) is 4.39 Å². The number of para-hydroxylation sites is 1. The number of thioether (sulfide) groups is 1. The first-order valence-electron chi connectivity index (χ1n) is 10.1. The Bertz CT molecular complexity index is 694. The molecule has 144 valence electrons. The number of rotatable bonds is 7. The average molecular weight is 386 g/mol. The predicted octanol–water partition coefficient (Wildman–Crippen LogP) is 5.77. The third kappa shape index (κ3) is 5.05. The minimum absolute atomic E-state index is 0.159. The van der Waals surface area contributed by atoms with Gasteiger partial charge in [-0.3, -0.25) is 4.90 Å². The van der Waals surface area contributed by atoms with Gasteiger partial charge in [0, 0.05) is 17.0 Å². The van der Waals surface area contributed by atoms with Crippen LogP contribution in [0.25, 0.3) is 0 Å². The Hall–Kier alpha value is -1.52. The molecule has 2 aromatic carbocycles. The van der Waals surface area contributed by atoms with E-state index < -0.39 is 0 Å². The molecule has 2 nitrogen and oxygen atoms in total. The summed E-state index contributed by atoms with van der Waals surface area (Å²) in [5.41, 5.74) is 0. The van der Waals surface area contributed by atoms with Crippen molar-refractivity contribution in [3.63, 3.8) is 0 Å². The third-order valence-electron chi connectivity index (χ3n) is 5.77. The SMILES string of the molecule is Fc1ccc(SCCCN2C3CCCC2CC(Oc2ccccc2)C3)cc1. The Morgan fingerprint density at radius 3 is 2.37 bits per heavy atom. The second-order valence-corrected chi connectivity index (χ2v) is 8.82. The topological polar surface area (TPSA) is 12.5 Å². The molecule has 2 saturated heterocycles. The first kappa shape index (κ1) is 18.8. The van der Waals surface area contributed by atoms with Crippen molar-refractivity contribution in [1.29, 1.82) is 0 Å². The highest BCUT2D eigenvalue weighted by Gasteiger charge is 2.38. The normalized spacial score (nSPS) is 25.3. The molecule has 2 heterocycles. The van der Waals surface area contributed by atoms with Crippen LogP contribution in [0.5, 0.6) is 5.75 Å². The first-order chi connectivity index (χ1) is 13.3. The van der Waals surface area contributed by atoms with Gasteiger partial charge in [-0.05, 0) is 80.8 Å². The smallest absolute Gasteiger partial charge is 0.123 e. The fourth-order valence-corrected chi connectivity index (χ4v) is 5.39. The molecule has 4 heteroatoms. The van der Waals surface area contributed by atoms with E-state index in [0.29, 0.717) is 18.2 Å². The van der Waals surface area contributed by atoms with Crippen LogP contribution in [0.4, 0.5) is 4.39 Å². The molecular formula is C23H28FNOS. The van der Waals surface area contributed by atoms with Gasteiger partial charge in [0.2, 0.25) is 0 Å². The highest BCUT2D eigenvalue weighted by Crippen LogP contribution is 2.36. The van der Waals surface area contributed by atoms with E-state index in [0.717, 1.165) is 29.2 Å². The highest BCUT2D eigenvalue weighted by molar-refractivity contribution is 7.99. The number of hydrogen-bond acceptors (Lipinski definition) is 3. The number of ether oxygens (including phenoxy) is 1. The van der Waals surface area contributed by atoms with Crippen LogP contribution in [0.2, 0.25) is 0 Å². The lowest BCUT2D eigenvalue weighted by molar-refractivity contribution is -0.0164. The van der Waals surface area contributed by atoms with E-state index in [4.69, 9.17) is 4.74 Å². The summed E-state index contributed by atoms with van der Waals surface area (Å²) in [4.78, 5) is 3.91. The van der Waals surface area contributed by atoms with Gasteiger partial charge in [0.05, 0.1) is 0 Å². The first-order valence-corrected chi connectivity index (χ1v) is 11.1. The molecule has 2 aromatic rings. The Balaban J connectivity index is 1.26. The molecule has 2 aliphatic rings. The van der Waals surface area contributed by atoms with Gasteiger partial charge < -0.3 is 4.74 Å². The van der Waals surface area contributed by atoms with E-state index in [-0.39, 0.29) is 5.82 Å². The zero-order chi connectivity index (χ0) is 18.5. The highest BCUT2D eigenvalue weighted by atomic mass is 32.2. The number of halogens is 1. The largest absolute Gasteiger partial charge is 0.490 e. The van der Waals surface area contributed by atoms with Gasteiger partial charge in [0.25, 0.3) is 0 Å². The van der Waals surface area contributed by atoms with Crippen molar-refractivity contribution in [3.8, 4) is 5.75 Å². The standard InChI is InChI=1S/C23H28FNOS/c24-18-10-12-23(13-11-18)27-15-5-14-25-19-6-4-7-20(25)17-22(16-19)26-21-8-2-1-3-9-21/h1-3,8-13,19-20,22H,4-7,14-17H2. The van der Waals surface area contributed by atoms with Crippen LogP contribution in [0.3, 0.4) is 0 Å². The van der Waals surface area contributed by atoms with Crippen molar-refractivity contribution in [3.05, 3.63) is 60.4 Å². The van der Waals surface area contributed by atoms with Gasteiger partial charge in [-0.1, -0.05) is 24.6 Å². The maximum atomic E-state index is 13.0. The quantitative estimate of drug-likeness (QED) is 0.443. The molecule has 4 rings (SSSR count). The molecule has 2 bridgehead atoms. The zero-order valence-electron chi connectivity index (χ0n) is 15.7. The van der Waals surface area contributed by atoms with Crippen molar-refractivity contribution < 1.29 is 9.13 Å². The second kappa shape index (κ2) is 9.11. The van der Waals surface area contributed by atoms with Gasteiger partial charge in [0.1, 0.15) is 17.7 Å². The molecule has 2 fully saturated rings. The Labute approximate surface area is 166 Å². The molecule has 0 aromatic heterocycles. The average Bonchev–Trinajstić information content (AvgIpc) is 2.67. The number of hydrogen-bond donors (Lipinski definition) is 0. The molecule has 27 heavy (non-hydrogen) atoms. The van der Waals surface area contributed by atoms with Crippen molar-refractivity contribution in [2.24, 2.45) is 0 Å². The van der Waals surface area contributed by atoms with Crippen LogP contribution in [0.15, 0.2) is 59.5 Å². The lowest BCUT2D eigenvalue weighted by Gasteiger charge is -2.48. The third-order valence-corrected chi connectivity index (χ3v) is 6.87. The van der Waals surface area contributed by atoms with E-state index in [2.05, 4.69) is 17.0 Å². The minimum atomic E-state index is -0.159. The lowest BCUT2D eigenvalue weighted by atomic mass is 9.82. The summed E-state index contributed by atoms with van der Waals surface area (Å²) in [5.74, 6) is 1.93. The molecule has 0 N–H and O–H groups in total. The van der Waals surface area contributed by atoms with Crippen LogP contribution in [0, 0.1) is 5.82 Å². The number of nitrogens with zero attached hydrogens (tertiary/aromatic N) is 1. The molecule has 0 saturated carbocycles. The van der Waals surface area contributed by atoms with Crippen molar-refractivity contribution >= 4 is 11.8 Å². The summed E-state index contributed by atoms with van der Waals surface area (Å²) >= 11 is 1.83. The Morgan fingerprint density at radius 2 is 1.67 bits per heavy atom. The molecule has 0 spiro atoms. The summed E-state index contributed by atoms with van der Waals surface area (Å²) < 4.78 is 19.3. The molecule has 0 radical (unpaired) electrons. The molecule has 0 aliphatic carbocycles. The Kier molecular flexibility index (Phi) is 6.36. The monoisotopic (exact) mass is 385 g/mol. The van der Waals surface area contributed by atoms with Gasteiger partial charge in [-0.15, -0.1) is 11.8 Å². The molecule has 2 atom stereocenters. The van der Waals surface area contributed by atoms with E-state index in [1.54, 1.807) is 12.1 Å². The van der Waals surface area contributed by atoms with E-state index in [1.165, 1.54) is 32.2 Å². The minimum Gasteiger partial charge on any atom is -0.490 e. The van der Waals surface area contributed by atoms with Crippen LogP contribution in [0.1, 0.15) is 38.5 Å². The summed E-state index contributed by atoms with van der Waals surface area (Å²) in [6.07, 6.45) is 7.79. The van der Waals surface area contributed by atoms with Crippen molar-refractivity contribution in [2.75, 3.05) is 12.3 Å². The fourth-order valence-electron chi connectivity index (χ4n) is 4.55. The molecule has 2 aliphatic heterocycles. The van der Waals surface area contributed by atoms with E-state index in [9.17, 15) is 4.39 Å². The van der Waals surface area contributed by atoms with Crippen molar-refractivity contribution in [1.82, 2.24) is 4.90 Å². The van der Waals surface area contributed by atoms with E-state index in [1.807, 2.05) is 42.1 Å². The zero-order valence-corrected chi connectivity index (χ0v) is 16.5. The lowest BCUT2D eigenvalue weighted by Crippen LogP contribution is -2.54. The van der Waals surface area contributed by atoms with Gasteiger partial charge in [-0.2, -0.15) is 0 Å². The molecule has 0 amide bonds. The summed E-state index contributed by atoms with van der Waals surface area (Å²) in [5, 5.41) is 0. The second-order valence-electron chi connectivity index (χ2n) is 7.66. The molecular weight excluding hydrogens is 357 g/mol. The number of piperidine rings is 2. The fraction of sp³-hybridized carbons (Fsp3) is 0.478. The number of fused-ring (bicyclic) bond motifs is 2. The summed E-state index contributed by atoms with van der Waals surface area (Å²) in [6.45, 7) is 1.17. The summed E-state index contributed by atoms with van der Waals surface area (Å²) in [6, 6.07) is 18.4. The Morgan fingerprint density at radius 1 is 0.963 bits per heavy atom. The van der Waals surface area contributed by atoms with E-state index >= 15 is 0 Å². The summed E-state index contributed by atoms with van der Waals surface area (Å²) in [7, 11) is 0. The van der Waals surface area contributed by atoms with Crippen LogP contribution < -0.4 is 4.74 Å². The van der Waals surface area contributed by atoms with Crippen LogP contribution >= 0.6 is 11.8 Å². The number of benzene rings is 2. The van der Waals surface area contributed by atoms with Gasteiger partial charge in [0.15, 0.2) is 0 Å². The van der Waals surface area contributed by atoms with Crippen LogP contribution in [-0.2, 0) is 0 Å². The van der Waals surface area contributed by atoms with Crippen molar-refractivity contribution in [2.45, 2.75) is 61.6 Å². The van der Waals surface area contributed by atoms with Crippen LogP contribution in [-0.4, -0.2) is 35.4 Å².